The van der Waals surface area contributed by atoms with Crippen LogP contribution in [0.3, 0.4) is 0 Å². The van der Waals surface area contributed by atoms with Gasteiger partial charge in [0.2, 0.25) is 0 Å². The first kappa shape index (κ1) is 17.1. The number of rotatable bonds is 5. The molecule has 1 atom stereocenters. The summed E-state index contributed by atoms with van der Waals surface area (Å²) in [5, 5.41) is 6.21. The summed E-state index contributed by atoms with van der Waals surface area (Å²) < 4.78 is 0. The third-order valence-electron chi connectivity index (χ3n) is 3.28. The summed E-state index contributed by atoms with van der Waals surface area (Å²) in [5.74, 6) is -0.157. The van der Waals surface area contributed by atoms with Gasteiger partial charge in [0.15, 0.2) is 6.54 Å². The van der Waals surface area contributed by atoms with Crippen molar-refractivity contribution in [3.8, 4) is 0 Å². The third-order valence-corrected chi connectivity index (χ3v) is 4.16. The molecule has 0 spiro atoms. The number of para-hydroxylation sites is 1. The lowest BCUT2D eigenvalue weighted by molar-refractivity contribution is -0.682. The second-order valence-corrected chi connectivity index (χ2v) is 6.18. The Labute approximate surface area is 144 Å². The molecule has 3 nitrogen and oxygen atoms in total. The summed E-state index contributed by atoms with van der Waals surface area (Å²) in [6.45, 7) is 2.30. The van der Waals surface area contributed by atoms with Gasteiger partial charge in [-0.1, -0.05) is 53.0 Å². The number of quaternary nitrogens is 1. The fourth-order valence-corrected chi connectivity index (χ4v) is 2.61. The first-order valence-electron chi connectivity index (χ1n) is 6.80. The van der Waals surface area contributed by atoms with E-state index in [0.717, 1.165) is 5.56 Å². The molecule has 0 aliphatic carbocycles. The molecule has 1 amide bonds. The number of hydrogen-bond acceptors (Lipinski definition) is 1. The van der Waals surface area contributed by atoms with Gasteiger partial charge < -0.3 is 10.6 Å². The highest BCUT2D eigenvalue weighted by atomic mass is 35.5. The monoisotopic (exact) mass is 357 g/mol. The van der Waals surface area contributed by atoms with Gasteiger partial charge in [-0.2, -0.15) is 0 Å². The predicted octanol–water partition coefficient (Wildman–Crippen LogP) is 3.91. The van der Waals surface area contributed by atoms with E-state index in [1.165, 1.54) is 0 Å². The lowest BCUT2D eigenvalue weighted by atomic mass is 10.1. The van der Waals surface area contributed by atoms with Crippen LogP contribution in [0.25, 0.3) is 0 Å². The fraction of sp³-hybridized carbons (Fsp3) is 0.188. The quantitative estimate of drug-likeness (QED) is 0.836. The Morgan fingerprint density at radius 3 is 2.27 bits per heavy atom. The molecule has 0 aromatic heterocycles. The molecule has 0 aliphatic heterocycles. The molecule has 2 aromatic carbocycles. The van der Waals surface area contributed by atoms with Crippen LogP contribution >= 0.6 is 34.8 Å². The van der Waals surface area contributed by atoms with Crippen LogP contribution in [0.2, 0.25) is 15.1 Å². The minimum absolute atomic E-state index is 0.143. The van der Waals surface area contributed by atoms with Gasteiger partial charge in [0, 0.05) is 10.6 Å². The van der Waals surface area contributed by atoms with Crippen LogP contribution in [0, 0.1) is 0 Å². The summed E-state index contributed by atoms with van der Waals surface area (Å²) in [6, 6.07) is 12.8. The van der Waals surface area contributed by atoms with E-state index in [9.17, 15) is 4.79 Å². The maximum absolute atomic E-state index is 12.0. The van der Waals surface area contributed by atoms with E-state index in [1.807, 2.05) is 36.5 Å². The summed E-state index contributed by atoms with van der Waals surface area (Å²) in [7, 11) is 0. The van der Waals surface area contributed by atoms with E-state index in [-0.39, 0.29) is 18.5 Å². The van der Waals surface area contributed by atoms with Gasteiger partial charge in [-0.15, -0.1) is 0 Å². The van der Waals surface area contributed by atoms with Crippen LogP contribution in [0.15, 0.2) is 42.5 Å². The standard InChI is InChI=1S/C16H15Cl3N2O/c1-10(11-5-7-12(17)8-6-11)20-9-15(22)21-16-13(18)3-2-4-14(16)19/h2-8,10,20H,9H2,1H3,(H,21,22)/p+1/t10-/m1/s1. The minimum Gasteiger partial charge on any atom is -0.333 e. The van der Waals surface area contributed by atoms with Gasteiger partial charge in [0.1, 0.15) is 6.04 Å². The lowest BCUT2D eigenvalue weighted by Crippen LogP contribution is -2.86. The van der Waals surface area contributed by atoms with E-state index in [4.69, 9.17) is 34.8 Å². The molecular weight excluding hydrogens is 343 g/mol. The van der Waals surface area contributed by atoms with Crippen molar-refractivity contribution >= 4 is 46.4 Å². The first-order valence-corrected chi connectivity index (χ1v) is 7.93. The van der Waals surface area contributed by atoms with Crippen LogP contribution in [0.5, 0.6) is 0 Å². The van der Waals surface area contributed by atoms with Crippen molar-refractivity contribution in [2.45, 2.75) is 13.0 Å². The van der Waals surface area contributed by atoms with Gasteiger partial charge in [-0.05, 0) is 31.2 Å². The number of carbonyl (C=O) groups is 1. The largest absolute Gasteiger partial charge is 0.333 e. The molecule has 0 heterocycles. The Morgan fingerprint density at radius 1 is 1.09 bits per heavy atom. The topological polar surface area (TPSA) is 45.7 Å². The Balaban J connectivity index is 1.91. The Hall–Kier alpha value is -1.26. The molecule has 0 bridgehead atoms. The summed E-state index contributed by atoms with van der Waals surface area (Å²) >= 11 is 17.9. The maximum Gasteiger partial charge on any atom is 0.279 e. The minimum atomic E-state index is -0.157. The van der Waals surface area contributed by atoms with Crippen LogP contribution in [0.1, 0.15) is 18.5 Å². The van der Waals surface area contributed by atoms with E-state index in [1.54, 1.807) is 18.2 Å². The zero-order chi connectivity index (χ0) is 16.1. The van der Waals surface area contributed by atoms with Crippen molar-refractivity contribution in [2.24, 2.45) is 0 Å². The smallest absolute Gasteiger partial charge is 0.279 e. The van der Waals surface area contributed by atoms with Gasteiger partial charge in [-0.3, -0.25) is 4.79 Å². The SMILES string of the molecule is C[C@@H]([NH2+]CC(=O)Nc1c(Cl)cccc1Cl)c1ccc(Cl)cc1. The van der Waals surface area contributed by atoms with E-state index in [2.05, 4.69) is 5.32 Å². The van der Waals surface area contributed by atoms with Crippen LogP contribution < -0.4 is 10.6 Å². The molecule has 0 radical (unpaired) electrons. The van der Waals surface area contributed by atoms with E-state index >= 15 is 0 Å². The highest BCUT2D eigenvalue weighted by molar-refractivity contribution is 6.39. The summed E-state index contributed by atoms with van der Waals surface area (Å²) in [5.41, 5.74) is 1.55. The van der Waals surface area contributed by atoms with Crippen molar-refractivity contribution in [1.82, 2.24) is 0 Å². The van der Waals surface area contributed by atoms with Crippen LogP contribution in [0.4, 0.5) is 5.69 Å². The number of hydrogen-bond donors (Lipinski definition) is 2. The van der Waals surface area contributed by atoms with E-state index < -0.39 is 0 Å². The average molecular weight is 359 g/mol. The van der Waals surface area contributed by atoms with Gasteiger partial charge in [0.05, 0.1) is 15.7 Å². The average Bonchev–Trinajstić information content (AvgIpc) is 2.49. The highest BCUT2D eigenvalue weighted by Crippen LogP contribution is 2.29. The zero-order valence-electron chi connectivity index (χ0n) is 11.9. The molecule has 116 valence electrons. The number of benzene rings is 2. The van der Waals surface area contributed by atoms with Crippen molar-refractivity contribution in [2.75, 3.05) is 11.9 Å². The normalized spacial score (nSPS) is 12.0. The Morgan fingerprint density at radius 2 is 1.68 bits per heavy atom. The fourth-order valence-electron chi connectivity index (χ4n) is 1.99. The highest BCUT2D eigenvalue weighted by Gasteiger charge is 2.14. The summed E-state index contributed by atoms with van der Waals surface area (Å²) in [6.07, 6.45) is 0. The molecular formula is C16H16Cl3N2O+. The Kier molecular flexibility index (Phi) is 6.09. The molecule has 0 unspecified atom stereocenters. The van der Waals surface area contributed by atoms with Crippen molar-refractivity contribution in [1.29, 1.82) is 0 Å². The molecule has 2 rings (SSSR count). The number of nitrogens with two attached hydrogens (primary N) is 1. The lowest BCUT2D eigenvalue weighted by Gasteiger charge is -2.12. The molecule has 0 fully saturated rings. The zero-order valence-corrected chi connectivity index (χ0v) is 14.2. The molecule has 0 saturated carbocycles. The number of nitrogens with one attached hydrogen (secondary N) is 1. The molecule has 3 N–H and O–H groups in total. The third kappa shape index (κ3) is 4.62. The summed E-state index contributed by atoms with van der Waals surface area (Å²) in [4.78, 5) is 12.0. The second-order valence-electron chi connectivity index (χ2n) is 4.92. The second kappa shape index (κ2) is 7.84. The molecule has 2 aromatic rings. The predicted molar refractivity (Wildman–Crippen MR) is 91.8 cm³/mol. The molecule has 0 saturated heterocycles. The van der Waals surface area contributed by atoms with Crippen molar-refractivity contribution < 1.29 is 10.1 Å². The number of anilines is 1. The van der Waals surface area contributed by atoms with Gasteiger partial charge >= 0.3 is 0 Å². The number of halogens is 3. The Bertz CT molecular complexity index is 639. The molecule has 6 heteroatoms. The molecule has 22 heavy (non-hydrogen) atoms. The van der Waals surface area contributed by atoms with Crippen molar-refractivity contribution in [3.63, 3.8) is 0 Å². The number of amides is 1. The van der Waals surface area contributed by atoms with Crippen LogP contribution in [-0.2, 0) is 4.79 Å². The van der Waals surface area contributed by atoms with Crippen molar-refractivity contribution in [3.05, 3.63) is 63.1 Å². The van der Waals surface area contributed by atoms with Gasteiger partial charge in [0.25, 0.3) is 5.91 Å². The first-order chi connectivity index (χ1) is 10.5. The van der Waals surface area contributed by atoms with Gasteiger partial charge in [-0.25, -0.2) is 0 Å². The number of carbonyl (C=O) groups excluding carboxylic acids is 1. The van der Waals surface area contributed by atoms with Crippen LogP contribution in [-0.4, -0.2) is 12.5 Å². The van der Waals surface area contributed by atoms with E-state index in [0.29, 0.717) is 20.8 Å². The molecule has 0 aliphatic rings. The maximum atomic E-state index is 12.0.